The summed E-state index contributed by atoms with van der Waals surface area (Å²) in [6, 6.07) is 8.57. The molecule has 1 aromatic carbocycles. The van der Waals surface area contributed by atoms with E-state index in [9.17, 15) is 15.0 Å². The van der Waals surface area contributed by atoms with Gasteiger partial charge in [0.25, 0.3) is 0 Å². The van der Waals surface area contributed by atoms with E-state index in [4.69, 9.17) is 0 Å². The van der Waals surface area contributed by atoms with Crippen LogP contribution in [0.15, 0.2) is 24.3 Å². The summed E-state index contributed by atoms with van der Waals surface area (Å²) in [5, 5.41) is 21.3. The Bertz CT molecular complexity index is 664. The number of carbonyl (C=O) groups is 1. The lowest BCUT2D eigenvalue weighted by Crippen LogP contribution is -2.44. The van der Waals surface area contributed by atoms with Crippen molar-refractivity contribution in [2.45, 2.75) is 111 Å². The van der Waals surface area contributed by atoms with Gasteiger partial charge in [0.05, 0.1) is 11.5 Å². The van der Waals surface area contributed by atoms with Gasteiger partial charge in [0.2, 0.25) is 0 Å². The maximum Gasteiger partial charge on any atom is 0.310 e. The van der Waals surface area contributed by atoms with Crippen LogP contribution in [0.2, 0.25) is 0 Å². The van der Waals surface area contributed by atoms with Crippen LogP contribution in [0, 0.1) is 22.7 Å². The molecule has 0 saturated heterocycles. The Morgan fingerprint density at radius 1 is 1.00 bits per heavy atom. The minimum Gasteiger partial charge on any atom is -0.481 e. The second-order valence-corrected chi connectivity index (χ2v) is 11.0. The minimum atomic E-state index is -0.836. The number of rotatable bonds is 11. The van der Waals surface area contributed by atoms with Crippen molar-refractivity contribution >= 4 is 5.97 Å². The minimum absolute atomic E-state index is 0.334. The van der Waals surface area contributed by atoms with Crippen molar-refractivity contribution in [3.63, 3.8) is 0 Å². The van der Waals surface area contributed by atoms with Crippen LogP contribution >= 0.6 is 0 Å². The molecule has 1 saturated carbocycles. The first kappa shape index (κ1) is 25.9. The molecule has 3 heteroatoms. The number of aliphatic hydroxyl groups excluding tert-OH is 1. The van der Waals surface area contributed by atoms with Gasteiger partial charge in [-0.05, 0) is 73.3 Å². The van der Waals surface area contributed by atoms with Gasteiger partial charge in [0.1, 0.15) is 0 Å². The van der Waals surface area contributed by atoms with E-state index >= 15 is 0 Å². The Morgan fingerprint density at radius 3 is 2.06 bits per heavy atom. The Balaban J connectivity index is 2.04. The van der Waals surface area contributed by atoms with Gasteiger partial charge in [-0.2, -0.15) is 0 Å². The average Bonchev–Trinajstić information content (AvgIpc) is 2.73. The SMILES string of the molecule is CCCC1CCC(C(O)CCC(CCc2ccc(CC)cc2)(C(=O)O)C(C)(C)C)CC1. The molecule has 0 spiro atoms. The van der Waals surface area contributed by atoms with Gasteiger partial charge in [0.15, 0.2) is 0 Å². The summed E-state index contributed by atoms with van der Waals surface area (Å²) >= 11 is 0. The van der Waals surface area contributed by atoms with Crippen molar-refractivity contribution in [3.8, 4) is 0 Å². The lowest BCUT2D eigenvalue weighted by Gasteiger charge is -2.43. The van der Waals surface area contributed by atoms with Crippen LogP contribution in [-0.2, 0) is 17.6 Å². The zero-order chi connectivity index (χ0) is 23.1. The molecular formula is C28H46O3. The second-order valence-electron chi connectivity index (χ2n) is 11.0. The van der Waals surface area contributed by atoms with E-state index in [0.29, 0.717) is 25.2 Å². The molecule has 1 fully saturated rings. The highest BCUT2D eigenvalue weighted by atomic mass is 16.4. The molecule has 3 nitrogen and oxygen atoms in total. The predicted octanol–water partition coefficient (Wildman–Crippen LogP) is 7.05. The zero-order valence-electron chi connectivity index (χ0n) is 20.6. The molecule has 2 rings (SSSR count). The molecule has 1 aromatic rings. The summed E-state index contributed by atoms with van der Waals surface area (Å²) in [4.78, 5) is 12.6. The third-order valence-corrected chi connectivity index (χ3v) is 8.12. The zero-order valence-corrected chi connectivity index (χ0v) is 20.6. The number of benzene rings is 1. The quantitative estimate of drug-likeness (QED) is 0.395. The summed E-state index contributed by atoms with van der Waals surface area (Å²) in [6.45, 7) is 10.5. The smallest absolute Gasteiger partial charge is 0.310 e. The Hall–Kier alpha value is -1.35. The van der Waals surface area contributed by atoms with Crippen LogP contribution in [0.5, 0.6) is 0 Å². The van der Waals surface area contributed by atoms with Crippen molar-refractivity contribution in [2.24, 2.45) is 22.7 Å². The van der Waals surface area contributed by atoms with Crippen molar-refractivity contribution in [1.29, 1.82) is 0 Å². The number of hydrogen-bond donors (Lipinski definition) is 2. The standard InChI is InChI=1S/C28H46O3/c1-6-8-22-13-15-24(16-14-22)25(29)18-20-28(26(30)31,27(3,4)5)19-17-23-11-9-21(7-2)10-12-23/h9-12,22,24-25,29H,6-8,13-20H2,1-5H3,(H,30,31). The molecule has 0 aliphatic heterocycles. The summed E-state index contributed by atoms with van der Waals surface area (Å²) in [5.41, 5.74) is 1.29. The third-order valence-electron chi connectivity index (χ3n) is 8.12. The van der Waals surface area contributed by atoms with E-state index in [2.05, 4.69) is 38.1 Å². The number of aryl methyl sites for hydroxylation is 2. The van der Waals surface area contributed by atoms with E-state index in [0.717, 1.165) is 31.6 Å². The molecular weight excluding hydrogens is 384 g/mol. The monoisotopic (exact) mass is 430 g/mol. The number of carboxylic acid groups (broad SMARTS) is 1. The van der Waals surface area contributed by atoms with Crippen molar-refractivity contribution in [1.82, 2.24) is 0 Å². The molecule has 1 aliphatic carbocycles. The average molecular weight is 431 g/mol. The van der Waals surface area contributed by atoms with E-state index in [1.807, 2.05) is 20.8 Å². The highest BCUT2D eigenvalue weighted by Gasteiger charge is 2.48. The van der Waals surface area contributed by atoms with Crippen LogP contribution in [0.3, 0.4) is 0 Å². The third kappa shape index (κ3) is 6.81. The first-order valence-corrected chi connectivity index (χ1v) is 12.6. The van der Waals surface area contributed by atoms with Crippen molar-refractivity contribution in [3.05, 3.63) is 35.4 Å². The normalized spacial score (nSPS) is 22.6. The highest BCUT2D eigenvalue weighted by Crippen LogP contribution is 2.47. The van der Waals surface area contributed by atoms with Gasteiger partial charge < -0.3 is 10.2 Å². The fourth-order valence-corrected chi connectivity index (χ4v) is 5.61. The van der Waals surface area contributed by atoms with Gasteiger partial charge in [-0.1, -0.05) is 84.6 Å². The molecule has 1 aliphatic rings. The van der Waals surface area contributed by atoms with E-state index < -0.39 is 11.4 Å². The van der Waals surface area contributed by atoms with Crippen LogP contribution in [-0.4, -0.2) is 22.3 Å². The Kier molecular flexibility index (Phi) is 9.61. The molecule has 2 atom stereocenters. The maximum atomic E-state index is 12.6. The summed E-state index contributed by atoms with van der Waals surface area (Å²) in [6.07, 6.45) is 10.3. The van der Waals surface area contributed by atoms with E-state index in [-0.39, 0.29) is 11.5 Å². The second kappa shape index (κ2) is 11.5. The number of aliphatic carboxylic acids is 1. The number of aliphatic hydroxyl groups is 1. The molecule has 0 heterocycles. The molecule has 2 unspecified atom stereocenters. The lowest BCUT2D eigenvalue weighted by molar-refractivity contribution is -0.158. The molecule has 31 heavy (non-hydrogen) atoms. The van der Waals surface area contributed by atoms with E-state index in [1.165, 1.54) is 36.8 Å². The molecule has 0 bridgehead atoms. The van der Waals surface area contributed by atoms with Gasteiger partial charge in [-0.15, -0.1) is 0 Å². The van der Waals surface area contributed by atoms with Crippen LogP contribution in [0.1, 0.15) is 104 Å². The van der Waals surface area contributed by atoms with E-state index in [1.54, 1.807) is 0 Å². The van der Waals surface area contributed by atoms with Crippen LogP contribution < -0.4 is 0 Å². The van der Waals surface area contributed by atoms with Crippen molar-refractivity contribution in [2.75, 3.05) is 0 Å². The number of carboxylic acids is 1. The molecule has 0 aromatic heterocycles. The maximum absolute atomic E-state index is 12.6. The molecule has 2 N–H and O–H groups in total. The van der Waals surface area contributed by atoms with Gasteiger partial charge >= 0.3 is 5.97 Å². The highest BCUT2D eigenvalue weighted by molar-refractivity contribution is 5.75. The summed E-state index contributed by atoms with van der Waals surface area (Å²) < 4.78 is 0. The topological polar surface area (TPSA) is 57.5 Å². The summed E-state index contributed by atoms with van der Waals surface area (Å²) in [5.74, 6) is 0.436. The first-order valence-electron chi connectivity index (χ1n) is 12.6. The van der Waals surface area contributed by atoms with Crippen LogP contribution in [0.4, 0.5) is 0 Å². The largest absolute Gasteiger partial charge is 0.481 e. The lowest BCUT2D eigenvalue weighted by atomic mass is 9.60. The fraction of sp³-hybridized carbons (Fsp3) is 0.750. The Morgan fingerprint density at radius 2 is 1.58 bits per heavy atom. The summed E-state index contributed by atoms with van der Waals surface area (Å²) in [7, 11) is 0. The van der Waals surface area contributed by atoms with Gasteiger partial charge in [-0.3, -0.25) is 4.79 Å². The van der Waals surface area contributed by atoms with Gasteiger partial charge in [-0.25, -0.2) is 0 Å². The molecule has 0 amide bonds. The molecule has 176 valence electrons. The van der Waals surface area contributed by atoms with Crippen LogP contribution in [0.25, 0.3) is 0 Å². The van der Waals surface area contributed by atoms with Crippen molar-refractivity contribution < 1.29 is 15.0 Å². The fourth-order valence-electron chi connectivity index (χ4n) is 5.61. The number of hydrogen-bond acceptors (Lipinski definition) is 2. The van der Waals surface area contributed by atoms with Gasteiger partial charge in [0, 0.05) is 0 Å². The first-order chi connectivity index (χ1) is 14.6. The molecule has 0 radical (unpaired) electrons. The predicted molar refractivity (Wildman–Crippen MR) is 129 cm³/mol. The Labute approximate surface area is 190 Å².